The van der Waals surface area contributed by atoms with Crippen LogP contribution in [-0.4, -0.2) is 0 Å². The van der Waals surface area contributed by atoms with Crippen LogP contribution in [0.3, 0.4) is 0 Å². The van der Waals surface area contributed by atoms with Gasteiger partial charge in [-0.05, 0) is 48.7 Å². The summed E-state index contributed by atoms with van der Waals surface area (Å²) in [5.41, 5.74) is 7.75. The van der Waals surface area contributed by atoms with Gasteiger partial charge in [-0.2, -0.15) is 0 Å². The van der Waals surface area contributed by atoms with Crippen LogP contribution in [0.1, 0.15) is 22.7 Å². The van der Waals surface area contributed by atoms with Gasteiger partial charge >= 0.3 is 0 Å². The molecule has 1 unspecified atom stereocenters. The van der Waals surface area contributed by atoms with Gasteiger partial charge in [0.15, 0.2) is 0 Å². The first-order chi connectivity index (χ1) is 8.97. The molecular formula is C15H14ClF2N. The molecule has 1 nitrogen and oxygen atoms in total. The average molecular weight is 282 g/mol. The van der Waals surface area contributed by atoms with Gasteiger partial charge in [-0.25, -0.2) is 8.78 Å². The molecule has 2 N–H and O–H groups in total. The molecule has 0 saturated heterocycles. The molecule has 0 aliphatic heterocycles. The lowest BCUT2D eigenvalue weighted by atomic mass is 9.98. The number of benzene rings is 2. The van der Waals surface area contributed by atoms with Gasteiger partial charge in [0.05, 0.1) is 0 Å². The summed E-state index contributed by atoms with van der Waals surface area (Å²) in [5.74, 6) is -1.15. The highest BCUT2D eigenvalue weighted by atomic mass is 35.5. The molecule has 0 aliphatic rings. The number of aryl methyl sites for hydroxylation is 1. The normalized spacial score (nSPS) is 12.5. The van der Waals surface area contributed by atoms with Gasteiger partial charge in [0.25, 0.3) is 0 Å². The Kier molecular flexibility index (Phi) is 4.17. The Morgan fingerprint density at radius 3 is 2.37 bits per heavy atom. The lowest BCUT2D eigenvalue weighted by Gasteiger charge is -2.14. The number of rotatable bonds is 3. The first-order valence-corrected chi connectivity index (χ1v) is 6.30. The summed E-state index contributed by atoms with van der Waals surface area (Å²) in [6, 6.07) is 8.70. The summed E-state index contributed by atoms with van der Waals surface area (Å²) in [6.07, 6.45) is 0.0955. The quantitative estimate of drug-likeness (QED) is 0.898. The number of nitrogens with two attached hydrogens (primary N) is 1. The van der Waals surface area contributed by atoms with Crippen molar-refractivity contribution in [2.45, 2.75) is 19.4 Å². The summed E-state index contributed by atoms with van der Waals surface area (Å²) in [4.78, 5) is 0. The van der Waals surface area contributed by atoms with E-state index in [1.807, 2.05) is 19.1 Å². The molecule has 1 atom stereocenters. The van der Waals surface area contributed by atoms with E-state index in [1.165, 1.54) is 18.2 Å². The van der Waals surface area contributed by atoms with E-state index in [9.17, 15) is 8.78 Å². The zero-order chi connectivity index (χ0) is 14.0. The Bertz CT molecular complexity index is 558. The molecule has 0 aliphatic carbocycles. The molecule has 0 saturated carbocycles. The van der Waals surface area contributed by atoms with Crippen molar-refractivity contribution in [3.63, 3.8) is 0 Å². The van der Waals surface area contributed by atoms with Crippen molar-refractivity contribution in [2.24, 2.45) is 5.73 Å². The molecule has 0 radical (unpaired) electrons. The van der Waals surface area contributed by atoms with Crippen LogP contribution in [0.25, 0.3) is 0 Å². The number of halogens is 3. The maximum Gasteiger partial charge on any atom is 0.129 e. The Balaban J connectivity index is 2.28. The zero-order valence-corrected chi connectivity index (χ0v) is 11.2. The Morgan fingerprint density at radius 2 is 1.79 bits per heavy atom. The van der Waals surface area contributed by atoms with Gasteiger partial charge in [0.1, 0.15) is 11.6 Å². The molecule has 0 spiro atoms. The van der Waals surface area contributed by atoms with Crippen LogP contribution >= 0.6 is 11.6 Å². The summed E-state index contributed by atoms with van der Waals surface area (Å²) >= 11 is 5.96. The van der Waals surface area contributed by atoms with Gasteiger partial charge in [-0.3, -0.25) is 0 Å². The first-order valence-electron chi connectivity index (χ1n) is 5.93. The van der Waals surface area contributed by atoms with Crippen molar-refractivity contribution < 1.29 is 8.78 Å². The fraction of sp³-hybridized carbons (Fsp3) is 0.200. The lowest BCUT2D eigenvalue weighted by molar-refractivity contribution is 0.540. The third kappa shape index (κ3) is 3.31. The molecule has 4 heteroatoms. The van der Waals surface area contributed by atoms with Crippen molar-refractivity contribution in [1.29, 1.82) is 0 Å². The molecular weight excluding hydrogens is 268 g/mol. The monoisotopic (exact) mass is 281 g/mol. The van der Waals surface area contributed by atoms with E-state index in [-0.39, 0.29) is 12.0 Å². The van der Waals surface area contributed by atoms with Crippen LogP contribution in [-0.2, 0) is 6.42 Å². The largest absolute Gasteiger partial charge is 0.324 e. The fourth-order valence-corrected chi connectivity index (χ4v) is 2.34. The fourth-order valence-electron chi connectivity index (χ4n) is 2.04. The molecule has 0 amide bonds. The summed E-state index contributed by atoms with van der Waals surface area (Å²) in [5, 5.41) is 0.569. The molecule has 100 valence electrons. The van der Waals surface area contributed by atoms with Gasteiger partial charge in [-0.15, -0.1) is 0 Å². The SMILES string of the molecule is Cc1cc(Cl)cc(C(N)Cc2c(F)cccc2F)c1. The molecule has 0 heterocycles. The van der Waals surface area contributed by atoms with Crippen LogP contribution in [0, 0.1) is 18.6 Å². The second kappa shape index (κ2) is 5.68. The molecule has 2 aromatic rings. The van der Waals surface area contributed by atoms with Gasteiger partial charge in [-0.1, -0.05) is 23.7 Å². The smallest absolute Gasteiger partial charge is 0.129 e. The molecule has 2 rings (SSSR count). The number of hydrogen-bond acceptors (Lipinski definition) is 1. The highest BCUT2D eigenvalue weighted by Crippen LogP contribution is 2.23. The van der Waals surface area contributed by atoms with Crippen molar-refractivity contribution in [3.05, 3.63) is 69.7 Å². The van der Waals surface area contributed by atoms with Crippen molar-refractivity contribution >= 4 is 11.6 Å². The maximum absolute atomic E-state index is 13.6. The standard InChI is InChI=1S/C15H14ClF2N/c1-9-5-10(7-11(16)6-9)15(19)8-12-13(17)3-2-4-14(12)18/h2-7,15H,8,19H2,1H3. The van der Waals surface area contributed by atoms with E-state index in [2.05, 4.69) is 0 Å². The topological polar surface area (TPSA) is 26.0 Å². The zero-order valence-electron chi connectivity index (χ0n) is 10.5. The van der Waals surface area contributed by atoms with Gasteiger partial charge in [0.2, 0.25) is 0 Å². The third-order valence-electron chi connectivity index (χ3n) is 2.98. The third-order valence-corrected chi connectivity index (χ3v) is 3.20. The van der Waals surface area contributed by atoms with E-state index in [0.717, 1.165) is 11.1 Å². The van der Waals surface area contributed by atoms with Gasteiger partial charge in [0, 0.05) is 16.6 Å². The van der Waals surface area contributed by atoms with Gasteiger partial charge < -0.3 is 5.73 Å². The van der Waals surface area contributed by atoms with E-state index in [1.54, 1.807) is 6.07 Å². The van der Waals surface area contributed by atoms with Crippen molar-refractivity contribution in [3.8, 4) is 0 Å². The second-order valence-electron chi connectivity index (χ2n) is 4.57. The van der Waals surface area contributed by atoms with Crippen LogP contribution in [0.5, 0.6) is 0 Å². The van der Waals surface area contributed by atoms with Crippen molar-refractivity contribution in [1.82, 2.24) is 0 Å². The van der Waals surface area contributed by atoms with E-state index >= 15 is 0 Å². The Labute approximate surface area is 116 Å². The highest BCUT2D eigenvalue weighted by Gasteiger charge is 2.14. The first kappa shape index (κ1) is 14.0. The lowest BCUT2D eigenvalue weighted by Crippen LogP contribution is -2.15. The predicted octanol–water partition coefficient (Wildman–Crippen LogP) is 4.17. The molecule has 0 bridgehead atoms. The van der Waals surface area contributed by atoms with E-state index < -0.39 is 17.7 Å². The molecule has 19 heavy (non-hydrogen) atoms. The highest BCUT2D eigenvalue weighted by molar-refractivity contribution is 6.30. The van der Waals surface area contributed by atoms with Crippen LogP contribution in [0.4, 0.5) is 8.78 Å². The van der Waals surface area contributed by atoms with E-state index in [0.29, 0.717) is 5.02 Å². The average Bonchev–Trinajstić information content (AvgIpc) is 2.32. The molecule has 0 fully saturated rings. The minimum atomic E-state index is -0.575. The van der Waals surface area contributed by atoms with Crippen LogP contribution in [0.15, 0.2) is 36.4 Å². The number of hydrogen-bond donors (Lipinski definition) is 1. The molecule has 2 aromatic carbocycles. The van der Waals surface area contributed by atoms with E-state index in [4.69, 9.17) is 17.3 Å². The minimum Gasteiger partial charge on any atom is -0.324 e. The summed E-state index contributed by atoms with van der Waals surface area (Å²) < 4.78 is 27.1. The predicted molar refractivity (Wildman–Crippen MR) is 73.2 cm³/mol. The van der Waals surface area contributed by atoms with Crippen LogP contribution < -0.4 is 5.73 Å². The minimum absolute atomic E-state index is 0.00706. The van der Waals surface area contributed by atoms with Crippen molar-refractivity contribution in [2.75, 3.05) is 0 Å². The van der Waals surface area contributed by atoms with Crippen LogP contribution in [0.2, 0.25) is 5.02 Å². The second-order valence-corrected chi connectivity index (χ2v) is 5.01. The molecule has 0 aromatic heterocycles. The summed E-state index contributed by atoms with van der Waals surface area (Å²) in [6.45, 7) is 1.89. The Hall–Kier alpha value is -1.45. The maximum atomic E-state index is 13.6. The Morgan fingerprint density at radius 1 is 1.16 bits per heavy atom. The summed E-state index contributed by atoms with van der Waals surface area (Å²) in [7, 11) is 0.